The summed E-state index contributed by atoms with van der Waals surface area (Å²) in [6.45, 7) is 3.89. The van der Waals surface area contributed by atoms with Crippen molar-refractivity contribution in [2.75, 3.05) is 13.2 Å². The second-order valence-electron chi connectivity index (χ2n) is 8.48. The largest absolute Gasteiger partial charge is 0.396 e. The number of rotatable bonds is 6. The van der Waals surface area contributed by atoms with Crippen LogP contribution in [0.3, 0.4) is 0 Å². The number of amides is 2. The van der Waals surface area contributed by atoms with Gasteiger partial charge in [0.05, 0.1) is 6.04 Å². The van der Waals surface area contributed by atoms with E-state index in [1.54, 1.807) is 21.6 Å². The van der Waals surface area contributed by atoms with Gasteiger partial charge in [0.2, 0.25) is 11.8 Å². The highest BCUT2D eigenvalue weighted by atomic mass is 16.3. The summed E-state index contributed by atoms with van der Waals surface area (Å²) < 4.78 is 1.69. The predicted molar refractivity (Wildman–Crippen MR) is 122 cm³/mol. The number of allylic oxidation sites excluding steroid dienone is 1. The maximum atomic E-state index is 13.2. The van der Waals surface area contributed by atoms with Crippen LogP contribution in [-0.4, -0.2) is 45.6 Å². The molecule has 7 nitrogen and oxygen atoms in total. The van der Waals surface area contributed by atoms with Gasteiger partial charge in [0.1, 0.15) is 6.04 Å². The van der Waals surface area contributed by atoms with Gasteiger partial charge in [0, 0.05) is 49.7 Å². The molecular formula is C25H29N3O4. The number of aliphatic hydroxyl groups excluding tert-OH is 1. The Morgan fingerprint density at radius 3 is 2.59 bits per heavy atom. The first kappa shape index (κ1) is 22.0. The Balaban J connectivity index is 1.60. The second-order valence-corrected chi connectivity index (χ2v) is 8.48. The van der Waals surface area contributed by atoms with Crippen molar-refractivity contribution in [3.63, 3.8) is 0 Å². The molecule has 2 aliphatic rings. The van der Waals surface area contributed by atoms with Crippen molar-refractivity contribution in [3.8, 4) is 0 Å². The fourth-order valence-electron chi connectivity index (χ4n) is 5.25. The van der Waals surface area contributed by atoms with Crippen LogP contribution in [0.1, 0.15) is 36.7 Å². The number of fused-ring (bicyclic) bond motifs is 3. The van der Waals surface area contributed by atoms with E-state index in [0.29, 0.717) is 25.1 Å². The van der Waals surface area contributed by atoms with Crippen molar-refractivity contribution in [1.29, 1.82) is 0 Å². The highest BCUT2D eigenvalue weighted by molar-refractivity contribution is 5.88. The summed E-state index contributed by atoms with van der Waals surface area (Å²) in [5, 5.41) is 13.2. The average molecular weight is 436 g/mol. The first-order valence-corrected chi connectivity index (χ1v) is 11.1. The SMILES string of the molecule is C/C=C\c1ccc2n(c1=O)C[C@@H]1[C@@H](CO)[C@H](C(=O)NCCc3ccccc3)N(C(C)=O)[C@H]21. The molecule has 1 aromatic carbocycles. The molecule has 0 aliphatic carbocycles. The van der Waals surface area contributed by atoms with Crippen LogP contribution in [0.5, 0.6) is 0 Å². The van der Waals surface area contributed by atoms with Crippen LogP contribution >= 0.6 is 0 Å². The van der Waals surface area contributed by atoms with Crippen LogP contribution in [0.2, 0.25) is 0 Å². The van der Waals surface area contributed by atoms with Crippen molar-refractivity contribution in [3.05, 3.63) is 75.7 Å². The molecule has 32 heavy (non-hydrogen) atoms. The monoisotopic (exact) mass is 435 g/mol. The van der Waals surface area contributed by atoms with Crippen molar-refractivity contribution in [2.45, 2.75) is 38.9 Å². The molecule has 1 fully saturated rings. The van der Waals surface area contributed by atoms with E-state index in [-0.39, 0.29) is 29.9 Å². The molecule has 2 amide bonds. The molecule has 4 atom stereocenters. The van der Waals surface area contributed by atoms with Crippen molar-refractivity contribution >= 4 is 17.9 Å². The molecule has 4 rings (SSSR count). The number of pyridine rings is 1. The van der Waals surface area contributed by atoms with E-state index in [0.717, 1.165) is 11.3 Å². The quantitative estimate of drug-likeness (QED) is 0.723. The third-order valence-electron chi connectivity index (χ3n) is 6.64. The maximum absolute atomic E-state index is 13.2. The minimum Gasteiger partial charge on any atom is -0.396 e. The van der Waals surface area contributed by atoms with Gasteiger partial charge in [-0.3, -0.25) is 14.4 Å². The number of likely N-dealkylation sites (tertiary alicyclic amines) is 1. The van der Waals surface area contributed by atoms with Gasteiger partial charge >= 0.3 is 0 Å². The summed E-state index contributed by atoms with van der Waals surface area (Å²) in [6, 6.07) is 12.3. The summed E-state index contributed by atoms with van der Waals surface area (Å²) in [5.74, 6) is -1.13. The van der Waals surface area contributed by atoms with Crippen LogP contribution in [-0.2, 0) is 22.6 Å². The maximum Gasteiger partial charge on any atom is 0.258 e. The predicted octanol–water partition coefficient (Wildman–Crippen LogP) is 1.75. The lowest BCUT2D eigenvalue weighted by Gasteiger charge is -2.30. The summed E-state index contributed by atoms with van der Waals surface area (Å²) in [7, 11) is 0. The molecule has 1 aromatic heterocycles. The summed E-state index contributed by atoms with van der Waals surface area (Å²) >= 11 is 0. The Bertz CT molecular complexity index is 1090. The molecule has 0 radical (unpaired) electrons. The lowest BCUT2D eigenvalue weighted by molar-refractivity contribution is -0.140. The lowest BCUT2D eigenvalue weighted by atomic mass is 9.88. The second kappa shape index (κ2) is 9.12. The van der Waals surface area contributed by atoms with E-state index in [2.05, 4.69) is 5.32 Å². The van der Waals surface area contributed by atoms with Gasteiger partial charge in [-0.2, -0.15) is 0 Å². The van der Waals surface area contributed by atoms with Gasteiger partial charge < -0.3 is 19.9 Å². The fourth-order valence-corrected chi connectivity index (χ4v) is 5.25. The van der Waals surface area contributed by atoms with Crippen molar-refractivity contribution < 1.29 is 14.7 Å². The van der Waals surface area contributed by atoms with E-state index in [4.69, 9.17) is 0 Å². The molecule has 3 heterocycles. The first-order chi connectivity index (χ1) is 15.5. The van der Waals surface area contributed by atoms with Crippen molar-refractivity contribution in [1.82, 2.24) is 14.8 Å². The number of nitrogens with one attached hydrogen (secondary N) is 1. The van der Waals surface area contributed by atoms with Gasteiger partial charge in [-0.25, -0.2) is 0 Å². The third kappa shape index (κ3) is 3.77. The number of carbonyl (C=O) groups is 2. The molecule has 0 saturated carbocycles. The van der Waals surface area contributed by atoms with Crippen LogP contribution in [0.4, 0.5) is 0 Å². The van der Waals surface area contributed by atoms with Crippen LogP contribution < -0.4 is 10.9 Å². The average Bonchev–Trinajstić information content (AvgIpc) is 3.31. The highest BCUT2D eigenvalue weighted by Crippen LogP contribution is 2.49. The Labute approximate surface area is 187 Å². The van der Waals surface area contributed by atoms with Crippen LogP contribution in [0, 0.1) is 11.8 Å². The summed E-state index contributed by atoms with van der Waals surface area (Å²) in [4.78, 5) is 40.3. The minimum absolute atomic E-state index is 0.112. The van der Waals surface area contributed by atoms with Crippen LogP contribution in [0.25, 0.3) is 6.08 Å². The van der Waals surface area contributed by atoms with Crippen LogP contribution in [0.15, 0.2) is 53.3 Å². The first-order valence-electron chi connectivity index (χ1n) is 11.1. The summed E-state index contributed by atoms with van der Waals surface area (Å²) in [5.41, 5.74) is 2.31. The van der Waals surface area contributed by atoms with E-state index in [1.807, 2.05) is 49.4 Å². The normalized spacial score (nSPS) is 23.9. The molecule has 0 bridgehead atoms. The molecule has 2 aromatic rings. The van der Waals surface area contributed by atoms with Crippen molar-refractivity contribution in [2.24, 2.45) is 11.8 Å². The highest BCUT2D eigenvalue weighted by Gasteiger charge is 2.56. The zero-order valence-electron chi connectivity index (χ0n) is 18.4. The zero-order chi connectivity index (χ0) is 22.8. The van der Waals surface area contributed by atoms with Gasteiger partial charge in [-0.15, -0.1) is 0 Å². The number of nitrogens with zero attached hydrogens (tertiary/aromatic N) is 2. The Kier molecular flexibility index (Phi) is 6.28. The van der Waals surface area contributed by atoms with Gasteiger partial charge in [0.15, 0.2) is 0 Å². The Morgan fingerprint density at radius 1 is 1.19 bits per heavy atom. The molecule has 7 heteroatoms. The number of aromatic nitrogens is 1. The molecule has 0 spiro atoms. The van der Waals surface area contributed by atoms with Gasteiger partial charge in [-0.1, -0.05) is 42.5 Å². The smallest absolute Gasteiger partial charge is 0.258 e. The number of hydrogen-bond donors (Lipinski definition) is 2. The topological polar surface area (TPSA) is 91.6 Å². The molecule has 2 N–H and O–H groups in total. The molecule has 2 aliphatic heterocycles. The third-order valence-corrected chi connectivity index (χ3v) is 6.64. The fraction of sp³-hybridized carbons (Fsp3) is 0.400. The Hall–Kier alpha value is -3.19. The number of benzene rings is 1. The number of hydrogen-bond acceptors (Lipinski definition) is 4. The molecule has 1 saturated heterocycles. The molecule has 0 unspecified atom stereocenters. The standard InChI is InChI=1S/C25H29N3O4/c1-3-7-18-10-11-21-22-19(14-27(21)25(18)32)20(15-29)23(28(22)16(2)30)24(31)26-13-12-17-8-5-4-6-9-17/h3-11,19-20,22-23,29H,12-15H2,1-2H3,(H,26,31)/b7-3-/t19-,20-,22+,23-/m1/s1. The minimum atomic E-state index is -0.762. The number of carbonyl (C=O) groups excluding carboxylic acids is 2. The van der Waals surface area contributed by atoms with E-state index in [1.165, 1.54) is 6.92 Å². The number of aliphatic hydroxyl groups is 1. The summed E-state index contributed by atoms with van der Waals surface area (Å²) in [6.07, 6.45) is 4.26. The van der Waals surface area contributed by atoms with E-state index >= 15 is 0 Å². The molecule has 168 valence electrons. The van der Waals surface area contributed by atoms with E-state index < -0.39 is 18.0 Å². The zero-order valence-corrected chi connectivity index (χ0v) is 18.4. The molecular weight excluding hydrogens is 406 g/mol. The van der Waals surface area contributed by atoms with Gasteiger partial charge in [0.25, 0.3) is 5.56 Å². The Morgan fingerprint density at radius 2 is 1.94 bits per heavy atom. The van der Waals surface area contributed by atoms with Gasteiger partial charge in [-0.05, 0) is 31.0 Å². The van der Waals surface area contributed by atoms with E-state index in [9.17, 15) is 19.5 Å². The lowest BCUT2D eigenvalue weighted by Crippen LogP contribution is -2.50.